The molecule has 0 saturated carbocycles. The van der Waals surface area contributed by atoms with E-state index in [-0.39, 0.29) is 0 Å². The molecule has 0 amide bonds. The van der Waals surface area contributed by atoms with Crippen molar-refractivity contribution in [3.63, 3.8) is 0 Å². The second-order valence-corrected chi connectivity index (χ2v) is 5.75. The first-order chi connectivity index (χ1) is 9.06. The molecule has 0 fully saturated rings. The number of pyridine rings is 1. The Morgan fingerprint density at radius 2 is 2.21 bits per heavy atom. The monoisotopic (exact) mass is 276 g/mol. The molecule has 2 aromatic heterocycles. The molecule has 0 aliphatic rings. The topological polar surface area (TPSA) is 53.4 Å². The fourth-order valence-corrected chi connectivity index (χ4v) is 2.77. The van der Waals surface area contributed by atoms with Crippen molar-refractivity contribution in [1.29, 1.82) is 0 Å². The highest BCUT2D eigenvalue weighted by atomic mass is 32.1. The van der Waals surface area contributed by atoms with E-state index in [1.807, 2.05) is 32.2 Å². The van der Waals surface area contributed by atoms with Crippen molar-refractivity contribution in [1.82, 2.24) is 9.88 Å². The van der Waals surface area contributed by atoms with Crippen LogP contribution in [-0.4, -0.2) is 28.0 Å². The van der Waals surface area contributed by atoms with E-state index in [4.69, 9.17) is 5.11 Å². The second-order valence-electron chi connectivity index (χ2n) is 4.49. The molecule has 0 radical (unpaired) electrons. The highest BCUT2D eigenvalue weighted by Gasteiger charge is 2.12. The summed E-state index contributed by atoms with van der Waals surface area (Å²) in [5.41, 5.74) is 2.08. The van der Waals surface area contributed by atoms with E-state index in [9.17, 15) is 4.79 Å². The molecule has 0 atom stereocenters. The molecule has 0 unspecified atom stereocenters. The summed E-state index contributed by atoms with van der Waals surface area (Å²) >= 11 is 1.33. The van der Waals surface area contributed by atoms with Crippen LogP contribution in [0.5, 0.6) is 0 Å². The van der Waals surface area contributed by atoms with E-state index in [1.165, 1.54) is 11.3 Å². The van der Waals surface area contributed by atoms with Gasteiger partial charge in [0, 0.05) is 24.2 Å². The summed E-state index contributed by atoms with van der Waals surface area (Å²) in [6.07, 6.45) is 1.78. The summed E-state index contributed by atoms with van der Waals surface area (Å²) in [6, 6.07) is 7.61. The average Bonchev–Trinajstić information content (AvgIpc) is 2.72. The molecule has 0 saturated heterocycles. The van der Waals surface area contributed by atoms with Crippen LogP contribution in [0.3, 0.4) is 0 Å². The lowest BCUT2D eigenvalue weighted by Crippen LogP contribution is -2.18. The van der Waals surface area contributed by atoms with Gasteiger partial charge in [-0.05, 0) is 37.7 Å². The quantitative estimate of drug-likeness (QED) is 0.912. The van der Waals surface area contributed by atoms with Gasteiger partial charge in [0.2, 0.25) is 0 Å². The van der Waals surface area contributed by atoms with Crippen LogP contribution in [0.1, 0.15) is 25.8 Å². The zero-order valence-electron chi connectivity index (χ0n) is 11.0. The Kier molecular flexibility index (Phi) is 4.29. The highest BCUT2D eigenvalue weighted by Crippen LogP contribution is 2.23. The Morgan fingerprint density at radius 3 is 2.79 bits per heavy atom. The van der Waals surface area contributed by atoms with Gasteiger partial charge in [-0.15, -0.1) is 11.3 Å². The summed E-state index contributed by atoms with van der Waals surface area (Å²) < 4.78 is 0. The van der Waals surface area contributed by atoms with Gasteiger partial charge < -0.3 is 5.11 Å². The van der Waals surface area contributed by atoms with Gasteiger partial charge in [-0.25, -0.2) is 4.79 Å². The third-order valence-electron chi connectivity index (χ3n) is 2.83. The second kappa shape index (κ2) is 5.95. The van der Waals surface area contributed by atoms with Gasteiger partial charge >= 0.3 is 5.97 Å². The van der Waals surface area contributed by atoms with E-state index in [2.05, 4.69) is 9.88 Å². The number of hydrogen-bond acceptors (Lipinski definition) is 4. The van der Waals surface area contributed by atoms with E-state index in [0.717, 1.165) is 29.2 Å². The number of aromatic carboxylic acids is 1. The van der Waals surface area contributed by atoms with Gasteiger partial charge in [-0.2, -0.15) is 0 Å². The summed E-state index contributed by atoms with van der Waals surface area (Å²) in [5, 5.41) is 8.98. The van der Waals surface area contributed by atoms with Gasteiger partial charge in [-0.1, -0.05) is 6.07 Å². The maximum Gasteiger partial charge on any atom is 0.345 e. The van der Waals surface area contributed by atoms with Gasteiger partial charge in [0.05, 0.1) is 5.69 Å². The fourth-order valence-electron chi connectivity index (χ4n) is 1.90. The van der Waals surface area contributed by atoms with Crippen molar-refractivity contribution in [2.45, 2.75) is 20.0 Å². The van der Waals surface area contributed by atoms with Crippen molar-refractivity contribution in [3.8, 4) is 0 Å². The molecule has 4 nitrogen and oxygen atoms in total. The standard InChI is InChI=1S/C14H16N2O2S/c1-10-11(7-13(19-10)14(17)18)8-16(2)9-12-5-3-4-6-15-12/h3-7H,8-9H2,1-2H3,(H,17,18). The Bertz CT molecular complexity index is 566. The smallest absolute Gasteiger partial charge is 0.345 e. The zero-order valence-corrected chi connectivity index (χ0v) is 11.8. The largest absolute Gasteiger partial charge is 0.477 e. The van der Waals surface area contributed by atoms with Crippen LogP contribution in [0.2, 0.25) is 0 Å². The number of aromatic nitrogens is 1. The highest BCUT2D eigenvalue weighted by molar-refractivity contribution is 7.14. The summed E-state index contributed by atoms with van der Waals surface area (Å²) in [5.74, 6) is -0.855. The molecular weight excluding hydrogens is 260 g/mol. The molecule has 0 aliphatic carbocycles. The molecule has 2 heterocycles. The summed E-state index contributed by atoms with van der Waals surface area (Å²) in [7, 11) is 2.01. The average molecular weight is 276 g/mol. The predicted molar refractivity (Wildman–Crippen MR) is 75.4 cm³/mol. The zero-order chi connectivity index (χ0) is 13.8. The van der Waals surface area contributed by atoms with Gasteiger partial charge in [0.15, 0.2) is 0 Å². The third-order valence-corrected chi connectivity index (χ3v) is 3.91. The Balaban J connectivity index is 2.03. The van der Waals surface area contributed by atoms with Crippen molar-refractivity contribution >= 4 is 17.3 Å². The number of rotatable bonds is 5. The van der Waals surface area contributed by atoms with Crippen LogP contribution >= 0.6 is 11.3 Å². The summed E-state index contributed by atoms with van der Waals surface area (Å²) in [6.45, 7) is 3.44. The van der Waals surface area contributed by atoms with Crippen LogP contribution in [0.15, 0.2) is 30.5 Å². The van der Waals surface area contributed by atoms with Crippen molar-refractivity contribution in [2.24, 2.45) is 0 Å². The number of nitrogens with zero attached hydrogens (tertiary/aromatic N) is 2. The molecule has 0 spiro atoms. The van der Waals surface area contributed by atoms with Crippen LogP contribution in [-0.2, 0) is 13.1 Å². The summed E-state index contributed by atoms with van der Waals surface area (Å²) in [4.78, 5) is 18.8. The van der Waals surface area contributed by atoms with Gasteiger partial charge in [0.1, 0.15) is 4.88 Å². The van der Waals surface area contributed by atoms with Crippen molar-refractivity contribution in [2.75, 3.05) is 7.05 Å². The lowest BCUT2D eigenvalue weighted by Gasteiger charge is -2.15. The molecule has 2 aromatic rings. The Morgan fingerprint density at radius 1 is 1.42 bits per heavy atom. The number of carboxylic acid groups (broad SMARTS) is 1. The molecule has 19 heavy (non-hydrogen) atoms. The molecular formula is C14H16N2O2S. The fraction of sp³-hybridized carbons (Fsp3) is 0.286. The SMILES string of the molecule is Cc1sc(C(=O)O)cc1CN(C)Cc1ccccn1. The minimum absolute atomic E-state index is 0.402. The number of aryl methyl sites for hydroxylation is 1. The number of hydrogen-bond donors (Lipinski definition) is 1. The minimum atomic E-state index is -0.855. The molecule has 5 heteroatoms. The predicted octanol–water partition coefficient (Wildman–Crippen LogP) is 2.78. The first-order valence-electron chi connectivity index (χ1n) is 5.97. The normalized spacial score (nSPS) is 10.9. The third kappa shape index (κ3) is 3.62. The van der Waals surface area contributed by atoms with E-state index < -0.39 is 5.97 Å². The van der Waals surface area contributed by atoms with Gasteiger partial charge in [-0.3, -0.25) is 9.88 Å². The number of carboxylic acids is 1. The molecule has 0 aliphatic heterocycles. The number of thiophene rings is 1. The van der Waals surface area contributed by atoms with E-state index >= 15 is 0 Å². The molecule has 0 aromatic carbocycles. The Labute approximate surface area is 116 Å². The van der Waals surface area contributed by atoms with Crippen molar-refractivity contribution in [3.05, 3.63) is 51.5 Å². The lowest BCUT2D eigenvalue weighted by atomic mass is 10.2. The van der Waals surface area contributed by atoms with E-state index in [1.54, 1.807) is 12.3 Å². The lowest BCUT2D eigenvalue weighted by molar-refractivity contribution is 0.0702. The first kappa shape index (κ1) is 13.7. The van der Waals surface area contributed by atoms with Crippen molar-refractivity contribution < 1.29 is 9.90 Å². The van der Waals surface area contributed by atoms with Crippen LogP contribution in [0.4, 0.5) is 0 Å². The Hall–Kier alpha value is -1.72. The van der Waals surface area contributed by atoms with E-state index in [0.29, 0.717) is 4.88 Å². The van der Waals surface area contributed by atoms with Crippen LogP contribution in [0.25, 0.3) is 0 Å². The maximum atomic E-state index is 10.9. The molecule has 2 rings (SSSR count). The molecule has 100 valence electrons. The maximum absolute atomic E-state index is 10.9. The van der Waals surface area contributed by atoms with Crippen LogP contribution < -0.4 is 0 Å². The molecule has 0 bridgehead atoms. The molecule has 1 N–H and O–H groups in total. The van der Waals surface area contributed by atoms with Crippen LogP contribution in [0, 0.1) is 6.92 Å². The minimum Gasteiger partial charge on any atom is -0.477 e. The van der Waals surface area contributed by atoms with Gasteiger partial charge in [0.25, 0.3) is 0 Å². The number of carbonyl (C=O) groups is 1. The first-order valence-corrected chi connectivity index (χ1v) is 6.79.